The maximum atomic E-state index is 5.43. The van der Waals surface area contributed by atoms with E-state index in [-0.39, 0.29) is 0 Å². The van der Waals surface area contributed by atoms with Crippen LogP contribution in [0, 0.1) is 6.92 Å². The Morgan fingerprint density at radius 3 is 2.43 bits per heavy atom. The summed E-state index contributed by atoms with van der Waals surface area (Å²) in [6, 6.07) is 18.1. The average Bonchev–Trinajstić information content (AvgIpc) is 3.06. The number of ether oxygens (including phenoxy) is 1. The molecule has 0 saturated carbocycles. The highest BCUT2D eigenvalue weighted by molar-refractivity contribution is 5.79. The number of nitrogens with one attached hydrogen (secondary N) is 2. The summed E-state index contributed by atoms with van der Waals surface area (Å²) in [5.41, 5.74) is 2.21. The number of hydrogen-bond acceptors (Lipinski definition) is 4. The maximum Gasteiger partial charge on any atom is 0.192 e. The second-order valence-electron chi connectivity index (χ2n) is 6.39. The lowest BCUT2D eigenvalue weighted by atomic mass is 10.2. The van der Waals surface area contributed by atoms with Crippen molar-refractivity contribution in [2.45, 2.75) is 26.6 Å². The van der Waals surface area contributed by atoms with E-state index < -0.39 is 0 Å². The molecule has 146 valence electrons. The first-order valence-corrected chi connectivity index (χ1v) is 9.20. The lowest BCUT2D eigenvalue weighted by molar-refractivity contribution is 0.409. The Morgan fingerprint density at radius 1 is 1.00 bits per heavy atom. The van der Waals surface area contributed by atoms with Gasteiger partial charge in [-0.05, 0) is 18.6 Å². The van der Waals surface area contributed by atoms with Crippen molar-refractivity contribution in [1.29, 1.82) is 0 Å². The lowest BCUT2D eigenvalue weighted by Crippen LogP contribution is -2.37. The fraction of sp³-hybridized carbons (Fsp3) is 0.286. The van der Waals surface area contributed by atoms with Crippen LogP contribution in [0.2, 0.25) is 0 Å². The Bertz CT molecular complexity index is 920. The molecule has 2 aromatic carbocycles. The van der Waals surface area contributed by atoms with Crippen LogP contribution in [0.4, 0.5) is 0 Å². The Labute approximate surface area is 165 Å². The summed E-state index contributed by atoms with van der Waals surface area (Å²) >= 11 is 0. The second kappa shape index (κ2) is 9.55. The van der Waals surface area contributed by atoms with Crippen LogP contribution in [0.3, 0.4) is 0 Å². The smallest absolute Gasteiger partial charge is 0.192 e. The van der Waals surface area contributed by atoms with E-state index >= 15 is 0 Å². The Morgan fingerprint density at radius 2 is 1.71 bits per heavy atom. The number of aryl methyl sites for hydroxylation is 1. The van der Waals surface area contributed by atoms with Crippen LogP contribution in [0.1, 0.15) is 22.8 Å². The zero-order valence-corrected chi connectivity index (χ0v) is 16.5. The minimum Gasteiger partial charge on any atom is -0.496 e. The van der Waals surface area contributed by atoms with Crippen LogP contribution in [-0.2, 0) is 26.7 Å². The predicted molar refractivity (Wildman–Crippen MR) is 110 cm³/mol. The first-order valence-electron chi connectivity index (χ1n) is 9.20. The molecule has 0 spiro atoms. The SMILES string of the molecule is COc1ccccc1CNC(=NCc1ccccc1)NCc1nnc(C)n1C. The maximum absolute atomic E-state index is 5.43. The Hall–Kier alpha value is -3.35. The average molecular weight is 378 g/mol. The highest BCUT2D eigenvalue weighted by atomic mass is 16.5. The summed E-state index contributed by atoms with van der Waals surface area (Å²) in [7, 11) is 3.63. The van der Waals surface area contributed by atoms with E-state index in [1.54, 1.807) is 7.11 Å². The predicted octanol–water partition coefficient (Wildman–Crippen LogP) is 2.57. The van der Waals surface area contributed by atoms with Crippen LogP contribution in [-0.4, -0.2) is 27.8 Å². The van der Waals surface area contributed by atoms with Gasteiger partial charge in [-0.2, -0.15) is 0 Å². The van der Waals surface area contributed by atoms with Gasteiger partial charge < -0.3 is 19.9 Å². The third-order valence-corrected chi connectivity index (χ3v) is 4.50. The third kappa shape index (κ3) is 5.09. The van der Waals surface area contributed by atoms with E-state index in [0.29, 0.717) is 25.6 Å². The summed E-state index contributed by atoms with van der Waals surface area (Å²) in [5, 5.41) is 15.0. The fourth-order valence-electron chi connectivity index (χ4n) is 2.72. The molecule has 0 aliphatic carbocycles. The van der Waals surface area contributed by atoms with Crippen molar-refractivity contribution in [1.82, 2.24) is 25.4 Å². The number of aromatic nitrogens is 3. The molecule has 7 nitrogen and oxygen atoms in total. The summed E-state index contributed by atoms with van der Waals surface area (Å²) in [5.74, 6) is 3.28. The Balaban J connectivity index is 1.70. The fourth-order valence-corrected chi connectivity index (χ4v) is 2.72. The number of guanidine groups is 1. The van der Waals surface area contributed by atoms with Crippen molar-refractivity contribution < 1.29 is 4.74 Å². The van der Waals surface area contributed by atoms with Crippen molar-refractivity contribution in [3.63, 3.8) is 0 Å². The number of rotatable bonds is 7. The molecule has 0 aliphatic heterocycles. The van der Waals surface area contributed by atoms with E-state index in [4.69, 9.17) is 9.73 Å². The number of methoxy groups -OCH3 is 1. The molecule has 0 fully saturated rings. The molecular formula is C21H26N6O. The van der Waals surface area contributed by atoms with Gasteiger partial charge in [-0.1, -0.05) is 48.5 Å². The van der Waals surface area contributed by atoms with Gasteiger partial charge in [-0.3, -0.25) is 0 Å². The van der Waals surface area contributed by atoms with Crippen LogP contribution < -0.4 is 15.4 Å². The van der Waals surface area contributed by atoms with Crippen molar-refractivity contribution in [3.8, 4) is 5.75 Å². The van der Waals surface area contributed by atoms with Gasteiger partial charge in [-0.15, -0.1) is 10.2 Å². The molecule has 2 N–H and O–H groups in total. The van der Waals surface area contributed by atoms with Gasteiger partial charge in [0.15, 0.2) is 11.8 Å². The topological polar surface area (TPSA) is 76.4 Å². The quantitative estimate of drug-likeness (QED) is 0.488. The van der Waals surface area contributed by atoms with Crippen molar-refractivity contribution in [3.05, 3.63) is 77.4 Å². The molecule has 0 unspecified atom stereocenters. The first kappa shape index (κ1) is 19.4. The molecule has 3 aromatic rings. The molecule has 0 bridgehead atoms. The highest BCUT2D eigenvalue weighted by Gasteiger charge is 2.08. The van der Waals surface area contributed by atoms with Crippen molar-refractivity contribution >= 4 is 5.96 Å². The van der Waals surface area contributed by atoms with Gasteiger partial charge >= 0.3 is 0 Å². The summed E-state index contributed by atoms with van der Waals surface area (Å²) in [6.07, 6.45) is 0. The van der Waals surface area contributed by atoms with Gasteiger partial charge in [0.1, 0.15) is 11.6 Å². The van der Waals surface area contributed by atoms with Gasteiger partial charge in [0.2, 0.25) is 0 Å². The molecule has 3 rings (SSSR count). The molecule has 0 saturated heterocycles. The summed E-state index contributed by atoms with van der Waals surface area (Å²) < 4.78 is 7.39. The molecular weight excluding hydrogens is 352 g/mol. The van der Waals surface area contributed by atoms with Gasteiger partial charge in [0, 0.05) is 19.2 Å². The number of benzene rings is 2. The number of hydrogen-bond donors (Lipinski definition) is 2. The lowest BCUT2D eigenvalue weighted by Gasteiger charge is -2.14. The summed E-state index contributed by atoms with van der Waals surface area (Å²) in [6.45, 7) is 3.65. The minimum absolute atomic E-state index is 0.532. The van der Waals surface area contributed by atoms with Crippen LogP contribution in [0.15, 0.2) is 59.6 Å². The molecule has 7 heteroatoms. The normalized spacial score (nSPS) is 11.3. The molecule has 0 atom stereocenters. The van der Waals surface area contributed by atoms with Crippen LogP contribution in [0.25, 0.3) is 0 Å². The van der Waals surface area contributed by atoms with E-state index in [9.17, 15) is 0 Å². The summed E-state index contributed by atoms with van der Waals surface area (Å²) in [4.78, 5) is 4.71. The Kier molecular flexibility index (Phi) is 6.62. The molecule has 1 aromatic heterocycles. The minimum atomic E-state index is 0.532. The largest absolute Gasteiger partial charge is 0.496 e. The number of para-hydroxylation sites is 1. The number of aliphatic imine (C=N–C) groups is 1. The van der Waals surface area contributed by atoms with Gasteiger partial charge in [0.05, 0.1) is 20.2 Å². The van der Waals surface area contributed by atoms with Crippen LogP contribution >= 0.6 is 0 Å². The number of nitrogens with zero attached hydrogens (tertiary/aromatic N) is 4. The highest BCUT2D eigenvalue weighted by Crippen LogP contribution is 2.16. The monoisotopic (exact) mass is 378 g/mol. The van der Waals surface area contributed by atoms with Gasteiger partial charge in [0.25, 0.3) is 0 Å². The zero-order valence-electron chi connectivity index (χ0n) is 16.5. The molecule has 1 heterocycles. The van der Waals surface area contributed by atoms with Gasteiger partial charge in [-0.25, -0.2) is 4.99 Å². The van der Waals surface area contributed by atoms with Crippen LogP contribution in [0.5, 0.6) is 5.75 Å². The standard InChI is InChI=1S/C21H26N6O/c1-16-25-26-20(27(16)2)15-24-21(22-13-17-9-5-4-6-10-17)23-14-18-11-7-8-12-19(18)28-3/h4-12H,13-15H2,1-3H3,(H2,22,23,24). The molecule has 0 amide bonds. The molecule has 28 heavy (non-hydrogen) atoms. The van der Waals surface area contributed by atoms with Crippen molar-refractivity contribution in [2.24, 2.45) is 12.0 Å². The van der Waals surface area contributed by atoms with E-state index in [2.05, 4.69) is 33.0 Å². The van der Waals surface area contributed by atoms with Crippen molar-refractivity contribution in [2.75, 3.05) is 7.11 Å². The van der Waals surface area contributed by atoms with E-state index in [1.807, 2.05) is 61.0 Å². The third-order valence-electron chi connectivity index (χ3n) is 4.50. The zero-order chi connectivity index (χ0) is 19.8. The van der Waals surface area contributed by atoms with E-state index in [1.165, 1.54) is 0 Å². The first-order chi connectivity index (χ1) is 13.7. The molecule has 0 aliphatic rings. The second-order valence-corrected chi connectivity index (χ2v) is 6.39. The molecule has 0 radical (unpaired) electrons. The van der Waals surface area contributed by atoms with E-state index in [0.717, 1.165) is 28.5 Å².